The predicted molar refractivity (Wildman–Crippen MR) is 82.4 cm³/mol. The molecule has 19 heavy (non-hydrogen) atoms. The molecule has 0 bridgehead atoms. The van der Waals surface area contributed by atoms with Crippen LogP contribution in [0.15, 0.2) is 12.1 Å². The van der Waals surface area contributed by atoms with Crippen molar-refractivity contribution >= 4 is 0 Å². The Morgan fingerprint density at radius 2 is 1.68 bits per heavy atom. The van der Waals surface area contributed by atoms with Crippen LogP contribution in [0.5, 0.6) is 0 Å². The normalized spacial score (nSPS) is 23.9. The number of nitrogens with zero attached hydrogens (tertiary/aromatic N) is 1. The van der Waals surface area contributed by atoms with E-state index in [0.717, 1.165) is 6.54 Å². The average molecular weight is 260 g/mol. The summed E-state index contributed by atoms with van der Waals surface area (Å²) in [6, 6.07) is 5.55. The summed E-state index contributed by atoms with van der Waals surface area (Å²) in [6.07, 6.45) is 5.06. The van der Waals surface area contributed by atoms with Gasteiger partial charge in [-0.2, -0.15) is 0 Å². The molecule has 0 spiro atoms. The first-order valence-corrected chi connectivity index (χ1v) is 7.51. The van der Waals surface area contributed by atoms with Crippen LogP contribution in [0.2, 0.25) is 0 Å². The molecule has 2 N–H and O–H groups in total. The molecule has 2 rings (SSSR count). The molecule has 2 atom stereocenters. The topological polar surface area (TPSA) is 29.3 Å². The quantitative estimate of drug-likeness (QED) is 0.903. The number of rotatable bonds is 3. The first-order valence-electron chi connectivity index (χ1n) is 7.51. The second-order valence-electron chi connectivity index (χ2n) is 6.29. The Bertz CT molecular complexity index is 439. The zero-order valence-electron chi connectivity index (χ0n) is 12.9. The summed E-state index contributed by atoms with van der Waals surface area (Å²) in [6.45, 7) is 7.62. The number of benzene rings is 1. The lowest BCUT2D eigenvalue weighted by atomic mass is 9.89. The zero-order valence-corrected chi connectivity index (χ0v) is 12.9. The first kappa shape index (κ1) is 14.5. The Labute approximate surface area is 118 Å². The molecule has 1 saturated carbocycles. The van der Waals surface area contributed by atoms with Crippen LogP contribution in [0.4, 0.5) is 0 Å². The van der Waals surface area contributed by atoms with Crippen LogP contribution in [0.3, 0.4) is 0 Å². The molecule has 0 aliphatic heterocycles. The van der Waals surface area contributed by atoms with Gasteiger partial charge in [0.15, 0.2) is 0 Å². The lowest BCUT2D eigenvalue weighted by molar-refractivity contribution is 0.162. The van der Waals surface area contributed by atoms with Gasteiger partial charge in [0, 0.05) is 18.6 Å². The summed E-state index contributed by atoms with van der Waals surface area (Å²) in [4.78, 5) is 2.46. The van der Waals surface area contributed by atoms with Crippen LogP contribution >= 0.6 is 0 Å². The maximum Gasteiger partial charge on any atom is 0.0247 e. The van der Waals surface area contributed by atoms with Gasteiger partial charge >= 0.3 is 0 Å². The fourth-order valence-corrected chi connectivity index (χ4v) is 3.26. The summed E-state index contributed by atoms with van der Waals surface area (Å²) in [5.74, 6) is 0. The molecule has 1 aromatic carbocycles. The Hall–Kier alpha value is -0.860. The fraction of sp³-hybridized carbons (Fsp3) is 0.647. The molecule has 106 valence electrons. The van der Waals surface area contributed by atoms with E-state index in [1.165, 1.54) is 47.9 Å². The van der Waals surface area contributed by atoms with Gasteiger partial charge in [0.05, 0.1) is 0 Å². The molecule has 1 aliphatic carbocycles. The second-order valence-corrected chi connectivity index (χ2v) is 6.29. The molecule has 2 heteroatoms. The summed E-state index contributed by atoms with van der Waals surface area (Å²) < 4.78 is 0. The van der Waals surface area contributed by atoms with Gasteiger partial charge in [0.2, 0.25) is 0 Å². The predicted octanol–water partition coefficient (Wildman–Crippen LogP) is 3.31. The highest BCUT2D eigenvalue weighted by molar-refractivity contribution is 5.36. The van der Waals surface area contributed by atoms with Crippen molar-refractivity contribution in [3.8, 4) is 0 Å². The van der Waals surface area contributed by atoms with E-state index in [-0.39, 0.29) is 0 Å². The number of hydrogen-bond acceptors (Lipinski definition) is 2. The third kappa shape index (κ3) is 3.37. The zero-order chi connectivity index (χ0) is 14.0. The highest BCUT2D eigenvalue weighted by atomic mass is 15.1. The largest absolute Gasteiger partial charge is 0.326 e. The highest BCUT2D eigenvalue weighted by Gasteiger charge is 2.25. The van der Waals surface area contributed by atoms with E-state index in [4.69, 9.17) is 5.73 Å². The van der Waals surface area contributed by atoms with Crippen molar-refractivity contribution in [2.45, 2.75) is 65.1 Å². The lowest BCUT2D eigenvalue weighted by Crippen LogP contribution is -2.47. The van der Waals surface area contributed by atoms with Gasteiger partial charge in [-0.05, 0) is 62.9 Å². The van der Waals surface area contributed by atoms with Crippen molar-refractivity contribution in [2.75, 3.05) is 7.05 Å². The second kappa shape index (κ2) is 6.06. The standard InChI is InChI=1S/C17H28N2/c1-12-9-14(3)15(10-13(12)2)11-19(4)17-8-6-5-7-16(17)18/h9-10,16-17H,5-8,11,18H2,1-4H3. The molecule has 0 saturated heterocycles. The lowest BCUT2D eigenvalue weighted by Gasteiger charge is -2.36. The van der Waals surface area contributed by atoms with Crippen LogP contribution in [-0.4, -0.2) is 24.0 Å². The Balaban J connectivity index is 2.10. The summed E-state index contributed by atoms with van der Waals surface area (Å²) in [7, 11) is 2.23. The van der Waals surface area contributed by atoms with Gasteiger partial charge in [-0.15, -0.1) is 0 Å². The minimum Gasteiger partial charge on any atom is -0.326 e. The first-order chi connectivity index (χ1) is 8.99. The van der Waals surface area contributed by atoms with Crippen molar-refractivity contribution in [2.24, 2.45) is 5.73 Å². The maximum absolute atomic E-state index is 6.28. The third-order valence-electron chi connectivity index (χ3n) is 4.72. The van der Waals surface area contributed by atoms with Gasteiger partial charge in [0.1, 0.15) is 0 Å². The van der Waals surface area contributed by atoms with E-state index in [2.05, 4.69) is 44.9 Å². The van der Waals surface area contributed by atoms with Crippen LogP contribution in [0.1, 0.15) is 47.9 Å². The van der Waals surface area contributed by atoms with Crippen LogP contribution in [0.25, 0.3) is 0 Å². The van der Waals surface area contributed by atoms with Gasteiger partial charge < -0.3 is 5.73 Å². The SMILES string of the molecule is Cc1cc(C)c(CN(C)C2CCCCC2N)cc1C. The van der Waals surface area contributed by atoms with Crippen LogP contribution in [0, 0.1) is 20.8 Å². The van der Waals surface area contributed by atoms with Gasteiger partial charge in [-0.25, -0.2) is 0 Å². The molecule has 0 aromatic heterocycles. The van der Waals surface area contributed by atoms with E-state index in [9.17, 15) is 0 Å². The van der Waals surface area contributed by atoms with Gasteiger partial charge in [0.25, 0.3) is 0 Å². The molecular formula is C17H28N2. The molecule has 2 nitrogen and oxygen atoms in total. The molecule has 1 aliphatic rings. The van der Waals surface area contributed by atoms with Gasteiger partial charge in [-0.3, -0.25) is 4.90 Å². The number of nitrogens with two attached hydrogens (primary N) is 1. The minimum atomic E-state index is 0.352. The Morgan fingerprint density at radius 1 is 1.05 bits per heavy atom. The molecule has 0 heterocycles. The van der Waals surface area contributed by atoms with Gasteiger partial charge in [-0.1, -0.05) is 25.0 Å². The maximum atomic E-state index is 6.28. The van der Waals surface area contributed by atoms with E-state index in [0.29, 0.717) is 12.1 Å². The summed E-state index contributed by atoms with van der Waals surface area (Å²) in [5, 5.41) is 0. The molecule has 2 unspecified atom stereocenters. The van der Waals surface area contributed by atoms with E-state index >= 15 is 0 Å². The smallest absolute Gasteiger partial charge is 0.0247 e. The third-order valence-corrected chi connectivity index (χ3v) is 4.72. The number of hydrogen-bond donors (Lipinski definition) is 1. The molecule has 1 fully saturated rings. The Morgan fingerprint density at radius 3 is 2.37 bits per heavy atom. The minimum absolute atomic E-state index is 0.352. The van der Waals surface area contributed by atoms with Crippen molar-refractivity contribution in [3.05, 3.63) is 34.4 Å². The highest BCUT2D eigenvalue weighted by Crippen LogP contribution is 2.24. The van der Waals surface area contributed by atoms with Crippen molar-refractivity contribution in [1.82, 2.24) is 4.90 Å². The number of aryl methyl sites for hydroxylation is 3. The molecule has 1 aromatic rings. The van der Waals surface area contributed by atoms with E-state index in [1.807, 2.05) is 0 Å². The van der Waals surface area contributed by atoms with Crippen molar-refractivity contribution < 1.29 is 0 Å². The summed E-state index contributed by atoms with van der Waals surface area (Å²) in [5.41, 5.74) is 11.9. The average Bonchev–Trinajstić information content (AvgIpc) is 2.36. The van der Waals surface area contributed by atoms with E-state index < -0.39 is 0 Å². The molecule has 0 amide bonds. The number of likely N-dealkylation sites (N-methyl/N-ethyl adjacent to an activating group) is 1. The molecule has 0 radical (unpaired) electrons. The Kier molecular flexibility index (Phi) is 4.64. The van der Waals surface area contributed by atoms with Crippen LogP contribution in [-0.2, 0) is 6.54 Å². The monoisotopic (exact) mass is 260 g/mol. The van der Waals surface area contributed by atoms with Crippen molar-refractivity contribution in [3.63, 3.8) is 0 Å². The fourth-order valence-electron chi connectivity index (χ4n) is 3.26. The summed E-state index contributed by atoms with van der Waals surface area (Å²) >= 11 is 0. The van der Waals surface area contributed by atoms with E-state index in [1.54, 1.807) is 0 Å². The van der Waals surface area contributed by atoms with Crippen LogP contribution < -0.4 is 5.73 Å². The molecular weight excluding hydrogens is 232 g/mol. The van der Waals surface area contributed by atoms with Crippen molar-refractivity contribution in [1.29, 1.82) is 0 Å².